The number of Topliss-reactive ketones (excluding diaryl/α,β-unsaturated/α-hetero) is 1. The normalized spacial score (nSPS) is 11.6. The number of unbranched alkanes of at least 4 members (excludes halogenated alkanes) is 2. The molecule has 0 fully saturated rings. The Labute approximate surface area is 171 Å². The van der Waals surface area contributed by atoms with E-state index in [1.807, 2.05) is 37.3 Å². The summed E-state index contributed by atoms with van der Waals surface area (Å²) in [4.78, 5) is 36.4. The third-order valence-corrected chi connectivity index (χ3v) is 4.78. The number of nitrogens with one attached hydrogen (secondary N) is 3. The van der Waals surface area contributed by atoms with Gasteiger partial charge in [0.05, 0.1) is 11.8 Å². The van der Waals surface area contributed by atoms with Crippen LogP contribution in [0.25, 0.3) is 0 Å². The third kappa shape index (κ3) is 8.29. The molecule has 7 heteroatoms. The fourth-order valence-electron chi connectivity index (χ4n) is 3.01. The molecule has 0 aliphatic heterocycles. The van der Waals surface area contributed by atoms with E-state index in [1.165, 1.54) is 12.4 Å². The van der Waals surface area contributed by atoms with Crippen LogP contribution in [0.15, 0.2) is 42.7 Å². The average Bonchev–Trinajstić information content (AvgIpc) is 3.28. The maximum atomic E-state index is 12.7. The van der Waals surface area contributed by atoms with E-state index in [0.29, 0.717) is 31.4 Å². The van der Waals surface area contributed by atoms with E-state index < -0.39 is 6.04 Å². The molecule has 1 aromatic carbocycles. The topological polar surface area (TPSA) is 104 Å². The van der Waals surface area contributed by atoms with Gasteiger partial charge in [-0.25, -0.2) is 0 Å². The summed E-state index contributed by atoms with van der Waals surface area (Å²) in [6.07, 6.45) is 7.74. The lowest BCUT2D eigenvalue weighted by Gasteiger charge is -2.18. The van der Waals surface area contributed by atoms with Gasteiger partial charge in [-0.3, -0.25) is 19.5 Å². The predicted octanol–water partition coefficient (Wildman–Crippen LogP) is 2.80. The zero-order chi connectivity index (χ0) is 20.9. The van der Waals surface area contributed by atoms with Gasteiger partial charge in [0.1, 0.15) is 11.8 Å². The van der Waals surface area contributed by atoms with E-state index in [9.17, 15) is 14.4 Å². The molecule has 156 valence electrons. The smallest absolute Gasteiger partial charge is 0.255 e. The summed E-state index contributed by atoms with van der Waals surface area (Å²) in [6, 6.07) is 9.31. The molecule has 0 saturated carbocycles. The number of carbonyl (C=O) groups is 3. The molecule has 0 radical (unpaired) electrons. The number of carbonyl (C=O) groups excluding carboxylic acids is 3. The van der Waals surface area contributed by atoms with Crippen LogP contribution in [-0.4, -0.2) is 40.4 Å². The Hall–Kier alpha value is -2.96. The van der Waals surface area contributed by atoms with Crippen molar-refractivity contribution in [1.29, 1.82) is 0 Å². The van der Waals surface area contributed by atoms with Gasteiger partial charge in [-0.15, -0.1) is 0 Å². The van der Waals surface area contributed by atoms with E-state index >= 15 is 0 Å². The number of hydrogen-bond donors (Lipinski definition) is 3. The Morgan fingerprint density at radius 1 is 1.10 bits per heavy atom. The second-order valence-electron chi connectivity index (χ2n) is 7.03. The van der Waals surface area contributed by atoms with Crippen LogP contribution >= 0.6 is 0 Å². The molecular weight excluding hydrogens is 368 g/mol. The quantitative estimate of drug-likeness (QED) is 0.451. The molecule has 0 bridgehead atoms. The molecule has 0 aliphatic carbocycles. The molecule has 3 N–H and O–H groups in total. The highest BCUT2D eigenvalue weighted by atomic mass is 16.2. The van der Waals surface area contributed by atoms with E-state index in [2.05, 4.69) is 20.8 Å². The molecule has 0 unspecified atom stereocenters. The summed E-state index contributed by atoms with van der Waals surface area (Å²) in [5, 5.41) is 12.1. The zero-order valence-electron chi connectivity index (χ0n) is 16.9. The largest absolute Gasteiger partial charge is 0.354 e. The van der Waals surface area contributed by atoms with Crippen molar-refractivity contribution in [3.63, 3.8) is 0 Å². The number of hydrogen-bond acceptors (Lipinski definition) is 4. The minimum Gasteiger partial charge on any atom is -0.354 e. The summed E-state index contributed by atoms with van der Waals surface area (Å²) in [7, 11) is 0. The van der Waals surface area contributed by atoms with E-state index in [-0.39, 0.29) is 17.6 Å². The number of rotatable bonds is 13. The highest BCUT2D eigenvalue weighted by Gasteiger charge is 2.21. The lowest BCUT2D eigenvalue weighted by atomic mass is 10.0. The monoisotopic (exact) mass is 398 g/mol. The molecular formula is C22H30N4O3. The minimum absolute atomic E-state index is 0.192. The molecule has 2 amide bonds. The number of aromatic nitrogens is 2. The maximum Gasteiger partial charge on any atom is 0.255 e. The molecule has 7 nitrogen and oxygen atoms in total. The van der Waals surface area contributed by atoms with Crippen LogP contribution in [0.2, 0.25) is 0 Å². The highest BCUT2D eigenvalue weighted by molar-refractivity contribution is 5.97. The number of aromatic amines is 1. The van der Waals surface area contributed by atoms with Gasteiger partial charge < -0.3 is 10.6 Å². The Morgan fingerprint density at radius 3 is 2.59 bits per heavy atom. The van der Waals surface area contributed by atoms with Crippen LogP contribution in [0, 0.1) is 0 Å². The van der Waals surface area contributed by atoms with E-state index in [1.54, 1.807) is 0 Å². The lowest BCUT2D eigenvalue weighted by Crippen LogP contribution is -2.47. The molecule has 0 saturated heterocycles. The van der Waals surface area contributed by atoms with Gasteiger partial charge in [-0.1, -0.05) is 50.1 Å². The van der Waals surface area contributed by atoms with Crippen LogP contribution in [0.1, 0.15) is 61.4 Å². The first-order valence-electron chi connectivity index (χ1n) is 10.2. The summed E-state index contributed by atoms with van der Waals surface area (Å²) in [5.41, 5.74) is 1.54. The van der Waals surface area contributed by atoms with Gasteiger partial charge in [0.2, 0.25) is 5.91 Å². The van der Waals surface area contributed by atoms with Crippen LogP contribution in [-0.2, 0) is 16.0 Å². The molecule has 1 atom stereocenters. The van der Waals surface area contributed by atoms with Crippen LogP contribution < -0.4 is 10.6 Å². The Bertz CT molecular complexity index is 760. The summed E-state index contributed by atoms with van der Waals surface area (Å²) in [6.45, 7) is 2.37. The fourth-order valence-corrected chi connectivity index (χ4v) is 3.01. The van der Waals surface area contributed by atoms with Crippen molar-refractivity contribution in [2.24, 2.45) is 0 Å². The molecule has 1 heterocycles. The van der Waals surface area contributed by atoms with Gasteiger partial charge in [0, 0.05) is 25.6 Å². The third-order valence-electron chi connectivity index (χ3n) is 4.78. The predicted molar refractivity (Wildman–Crippen MR) is 111 cm³/mol. The fraction of sp³-hybridized carbons (Fsp3) is 0.455. The molecule has 0 spiro atoms. The second-order valence-corrected chi connectivity index (χ2v) is 7.03. The Balaban J connectivity index is 1.83. The number of nitrogens with zero attached hydrogens (tertiary/aromatic N) is 1. The number of benzene rings is 1. The van der Waals surface area contributed by atoms with Crippen molar-refractivity contribution >= 4 is 17.6 Å². The minimum atomic E-state index is -0.616. The maximum absolute atomic E-state index is 12.7. The number of ketones is 1. The van der Waals surface area contributed by atoms with Crippen LogP contribution in [0.4, 0.5) is 0 Å². The van der Waals surface area contributed by atoms with Crippen LogP contribution in [0.3, 0.4) is 0 Å². The molecule has 1 aromatic heterocycles. The van der Waals surface area contributed by atoms with Gasteiger partial charge in [0.25, 0.3) is 5.91 Å². The van der Waals surface area contributed by atoms with Crippen molar-refractivity contribution in [3.05, 3.63) is 53.9 Å². The van der Waals surface area contributed by atoms with Crippen molar-refractivity contribution in [2.45, 2.75) is 57.9 Å². The summed E-state index contributed by atoms with van der Waals surface area (Å²) < 4.78 is 0. The first kappa shape index (κ1) is 22.3. The second kappa shape index (κ2) is 12.5. The Morgan fingerprint density at radius 2 is 1.90 bits per heavy atom. The highest BCUT2D eigenvalue weighted by Crippen LogP contribution is 2.09. The molecule has 0 aliphatic rings. The average molecular weight is 399 g/mol. The molecule has 2 rings (SSSR count). The summed E-state index contributed by atoms with van der Waals surface area (Å²) >= 11 is 0. The zero-order valence-corrected chi connectivity index (χ0v) is 16.9. The van der Waals surface area contributed by atoms with E-state index in [0.717, 1.165) is 31.2 Å². The standard InChI is InChI=1S/C22H30N4O3/c1-2-19(27)11-7-4-8-12-20(26-21(28)18-15-24-25-16-18)22(29)23-14-13-17-9-5-3-6-10-17/h3,5-6,9-10,15-16,20H,2,4,7-8,11-14H2,1H3,(H,23,29)(H,24,25)(H,26,28)/t20-/m0/s1. The summed E-state index contributed by atoms with van der Waals surface area (Å²) in [5.74, 6) is -0.265. The van der Waals surface area contributed by atoms with Gasteiger partial charge >= 0.3 is 0 Å². The molecule has 29 heavy (non-hydrogen) atoms. The van der Waals surface area contributed by atoms with Crippen molar-refractivity contribution < 1.29 is 14.4 Å². The number of H-pyrrole nitrogens is 1. The lowest BCUT2D eigenvalue weighted by molar-refractivity contribution is -0.123. The SMILES string of the molecule is CCC(=O)CCCCC[C@H](NC(=O)c1cn[nH]c1)C(=O)NCCc1ccccc1. The van der Waals surface area contributed by atoms with E-state index in [4.69, 9.17) is 0 Å². The van der Waals surface area contributed by atoms with Gasteiger partial charge in [-0.05, 0) is 24.8 Å². The number of amides is 2. The first-order valence-corrected chi connectivity index (χ1v) is 10.2. The first-order chi connectivity index (χ1) is 14.1. The van der Waals surface area contributed by atoms with Gasteiger partial charge in [0.15, 0.2) is 0 Å². The van der Waals surface area contributed by atoms with Crippen molar-refractivity contribution in [3.8, 4) is 0 Å². The van der Waals surface area contributed by atoms with Gasteiger partial charge in [-0.2, -0.15) is 5.10 Å². The Kier molecular flexibility index (Phi) is 9.62. The van der Waals surface area contributed by atoms with Crippen molar-refractivity contribution in [2.75, 3.05) is 6.54 Å². The van der Waals surface area contributed by atoms with Crippen molar-refractivity contribution in [1.82, 2.24) is 20.8 Å². The molecule has 2 aromatic rings. The van der Waals surface area contributed by atoms with Crippen LogP contribution in [0.5, 0.6) is 0 Å².